The van der Waals surface area contributed by atoms with E-state index in [9.17, 15) is 28.1 Å². The number of hydrogen-bond acceptors (Lipinski definition) is 6. The summed E-state index contributed by atoms with van der Waals surface area (Å²) in [6.45, 7) is 3.93. The second-order valence-electron chi connectivity index (χ2n) is 7.09. The monoisotopic (exact) mass is 457 g/mol. The van der Waals surface area contributed by atoms with Gasteiger partial charge in [-0.05, 0) is 30.7 Å². The Hall–Kier alpha value is -2.92. The third-order valence-electron chi connectivity index (χ3n) is 4.84. The molecule has 31 heavy (non-hydrogen) atoms. The Morgan fingerprint density at radius 3 is 2.52 bits per heavy atom. The van der Waals surface area contributed by atoms with Crippen molar-refractivity contribution >= 4 is 34.7 Å². The molecule has 0 atom stereocenters. The lowest BCUT2D eigenvalue weighted by Gasteiger charge is -2.35. The van der Waals surface area contributed by atoms with Gasteiger partial charge in [0, 0.05) is 37.9 Å². The summed E-state index contributed by atoms with van der Waals surface area (Å²) in [5.74, 6) is 0.212. The number of alkyl halides is 3. The van der Waals surface area contributed by atoms with E-state index in [1.807, 2.05) is 9.80 Å². The van der Waals surface area contributed by atoms with Crippen LogP contribution in [0.4, 0.5) is 30.4 Å². The predicted octanol–water partition coefficient (Wildman–Crippen LogP) is 3.73. The van der Waals surface area contributed by atoms with E-state index in [1.165, 1.54) is 18.3 Å². The lowest BCUT2D eigenvalue weighted by Crippen LogP contribution is -2.49. The maximum atomic E-state index is 13.0. The third kappa shape index (κ3) is 5.61. The number of halogens is 4. The Morgan fingerprint density at radius 1 is 1.26 bits per heavy atom. The molecule has 1 saturated heterocycles. The van der Waals surface area contributed by atoms with Crippen molar-refractivity contribution in [2.75, 3.05) is 42.9 Å². The lowest BCUT2D eigenvalue weighted by molar-refractivity contribution is -0.385. The molecule has 8 nitrogen and oxygen atoms in total. The highest BCUT2D eigenvalue weighted by Crippen LogP contribution is 2.36. The van der Waals surface area contributed by atoms with E-state index in [2.05, 4.69) is 10.3 Å². The van der Waals surface area contributed by atoms with E-state index in [-0.39, 0.29) is 17.9 Å². The Balaban J connectivity index is 1.55. The van der Waals surface area contributed by atoms with Gasteiger partial charge < -0.3 is 10.2 Å². The van der Waals surface area contributed by atoms with Crippen LogP contribution in [0.3, 0.4) is 0 Å². The molecule has 1 aliphatic heterocycles. The van der Waals surface area contributed by atoms with Crippen LogP contribution in [0, 0.1) is 17.0 Å². The fourth-order valence-electron chi connectivity index (χ4n) is 3.33. The Labute approximate surface area is 180 Å². The number of benzene rings is 1. The van der Waals surface area contributed by atoms with Gasteiger partial charge in [-0.15, -0.1) is 0 Å². The summed E-state index contributed by atoms with van der Waals surface area (Å²) < 4.78 is 38.9. The van der Waals surface area contributed by atoms with Gasteiger partial charge >= 0.3 is 6.18 Å². The summed E-state index contributed by atoms with van der Waals surface area (Å²) in [4.78, 5) is 30.6. The van der Waals surface area contributed by atoms with Crippen LogP contribution in [0.25, 0.3) is 0 Å². The van der Waals surface area contributed by atoms with Crippen LogP contribution < -0.4 is 10.2 Å². The number of aromatic nitrogens is 1. The summed E-state index contributed by atoms with van der Waals surface area (Å²) in [5, 5.41) is 12.9. The normalized spacial score (nSPS) is 15.1. The van der Waals surface area contributed by atoms with Crippen molar-refractivity contribution < 1.29 is 22.9 Å². The lowest BCUT2D eigenvalue weighted by atomic mass is 10.2. The summed E-state index contributed by atoms with van der Waals surface area (Å²) in [5.41, 5.74) is -0.381. The standard InChI is InChI=1S/C19H19ClF3N5O3/c1-12-8-14(28(30)31)10-24-18(12)27-6-4-26(5-7-27)11-17(29)25-13-2-3-16(20)15(9-13)19(21,22)23/h2-3,8-10H,4-7,11H2,1H3,(H,25,29). The Kier molecular flexibility index (Phi) is 6.65. The number of hydrogen-bond donors (Lipinski definition) is 1. The summed E-state index contributed by atoms with van der Waals surface area (Å²) in [6.07, 6.45) is -3.40. The molecule has 2 aromatic rings. The van der Waals surface area contributed by atoms with Gasteiger partial charge in [0.15, 0.2) is 0 Å². The number of nitrogens with zero attached hydrogens (tertiary/aromatic N) is 4. The third-order valence-corrected chi connectivity index (χ3v) is 5.17. The minimum Gasteiger partial charge on any atom is -0.354 e. The van der Waals surface area contributed by atoms with Gasteiger partial charge in [0.25, 0.3) is 5.69 Å². The van der Waals surface area contributed by atoms with Crippen molar-refractivity contribution in [3.05, 3.63) is 56.7 Å². The first kappa shape index (κ1) is 22.8. The number of nitro groups is 1. The average Bonchev–Trinajstić information content (AvgIpc) is 2.69. The van der Waals surface area contributed by atoms with Crippen molar-refractivity contribution in [2.45, 2.75) is 13.1 Å². The zero-order chi connectivity index (χ0) is 22.8. The van der Waals surface area contributed by atoms with Gasteiger partial charge in [0.2, 0.25) is 5.91 Å². The van der Waals surface area contributed by atoms with Crippen molar-refractivity contribution in [1.29, 1.82) is 0 Å². The van der Waals surface area contributed by atoms with Gasteiger partial charge in [-0.25, -0.2) is 4.98 Å². The molecule has 1 fully saturated rings. The molecule has 2 heterocycles. The molecule has 12 heteroatoms. The largest absolute Gasteiger partial charge is 0.417 e. The van der Waals surface area contributed by atoms with E-state index in [1.54, 1.807) is 6.92 Å². The van der Waals surface area contributed by atoms with E-state index >= 15 is 0 Å². The fourth-order valence-corrected chi connectivity index (χ4v) is 3.55. The molecule has 1 aromatic heterocycles. The molecule has 1 aromatic carbocycles. The smallest absolute Gasteiger partial charge is 0.354 e. The molecule has 166 valence electrons. The van der Waals surface area contributed by atoms with Gasteiger partial charge in [0.05, 0.1) is 22.1 Å². The number of carbonyl (C=O) groups is 1. The van der Waals surface area contributed by atoms with Crippen LogP contribution in [0.2, 0.25) is 5.02 Å². The van der Waals surface area contributed by atoms with Gasteiger partial charge in [-0.2, -0.15) is 13.2 Å². The second-order valence-corrected chi connectivity index (χ2v) is 7.50. The van der Waals surface area contributed by atoms with Crippen LogP contribution in [0.15, 0.2) is 30.5 Å². The maximum absolute atomic E-state index is 13.0. The number of pyridine rings is 1. The van der Waals surface area contributed by atoms with Crippen molar-refractivity contribution in [1.82, 2.24) is 9.88 Å². The van der Waals surface area contributed by atoms with Gasteiger partial charge in [-0.3, -0.25) is 19.8 Å². The SMILES string of the molecule is Cc1cc([N+](=O)[O-])cnc1N1CCN(CC(=O)Nc2ccc(Cl)c(C(F)(F)F)c2)CC1. The molecule has 0 unspecified atom stereocenters. The number of nitrogens with one attached hydrogen (secondary N) is 1. The molecule has 3 rings (SSSR count). The number of carbonyl (C=O) groups excluding carboxylic acids is 1. The second kappa shape index (κ2) is 9.06. The molecule has 1 aliphatic rings. The highest BCUT2D eigenvalue weighted by molar-refractivity contribution is 6.31. The number of anilines is 2. The number of amides is 1. The highest BCUT2D eigenvalue weighted by Gasteiger charge is 2.33. The minimum absolute atomic E-state index is 0.0183. The number of rotatable bonds is 5. The molecule has 0 saturated carbocycles. The van der Waals surface area contributed by atoms with Crippen molar-refractivity contribution in [2.24, 2.45) is 0 Å². The van der Waals surface area contributed by atoms with E-state index in [4.69, 9.17) is 11.6 Å². The van der Waals surface area contributed by atoms with E-state index < -0.39 is 27.6 Å². The molecule has 0 aliphatic carbocycles. The Morgan fingerprint density at radius 2 is 1.94 bits per heavy atom. The van der Waals surface area contributed by atoms with Crippen LogP contribution in [0.5, 0.6) is 0 Å². The molecule has 0 spiro atoms. The van der Waals surface area contributed by atoms with Crippen LogP contribution in [-0.4, -0.2) is 53.4 Å². The quantitative estimate of drug-likeness (QED) is 0.543. The summed E-state index contributed by atoms with van der Waals surface area (Å²) in [6, 6.07) is 4.68. The molecule has 0 bridgehead atoms. The fraction of sp³-hybridized carbons (Fsp3) is 0.368. The van der Waals surface area contributed by atoms with Crippen LogP contribution in [0.1, 0.15) is 11.1 Å². The van der Waals surface area contributed by atoms with Crippen molar-refractivity contribution in [3.8, 4) is 0 Å². The molecular weight excluding hydrogens is 439 g/mol. The van der Waals surface area contributed by atoms with Gasteiger partial charge in [-0.1, -0.05) is 11.6 Å². The summed E-state index contributed by atoms with van der Waals surface area (Å²) >= 11 is 5.59. The maximum Gasteiger partial charge on any atom is 0.417 e. The minimum atomic E-state index is -4.61. The molecular formula is C19H19ClF3N5O3. The molecule has 1 amide bonds. The van der Waals surface area contributed by atoms with E-state index in [0.717, 1.165) is 12.1 Å². The first-order chi connectivity index (χ1) is 14.5. The van der Waals surface area contributed by atoms with Crippen molar-refractivity contribution in [3.63, 3.8) is 0 Å². The predicted molar refractivity (Wildman–Crippen MR) is 109 cm³/mol. The average molecular weight is 458 g/mol. The molecule has 0 radical (unpaired) electrons. The van der Waals surface area contributed by atoms with Crippen LogP contribution in [-0.2, 0) is 11.0 Å². The highest BCUT2D eigenvalue weighted by atomic mass is 35.5. The van der Waals surface area contributed by atoms with Crippen LogP contribution >= 0.6 is 11.6 Å². The zero-order valence-electron chi connectivity index (χ0n) is 16.4. The van der Waals surface area contributed by atoms with E-state index in [0.29, 0.717) is 37.6 Å². The number of aryl methyl sites for hydroxylation is 1. The zero-order valence-corrected chi connectivity index (χ0v) is 17.2. The number of piperazine rings is 1. The molecule has 1 N–H and O–H groups in total. The first-order valence-corrected chi connectivity index (χ1v) is 9.67. The first-order valence-electron chi connectivity index (χ1n) is 9.29. The van der Waals surface area contributed by atoms with Gasteiger partial charge in [0.1, 0.15) is 12.0 Å². The Bertz CT molecular complexity index is 994. The topological polar surface area (TPSA) is 91.6 Å². The summed E-state index contributed by atoms with van der Waals surface area (Å²) in [7, 11) is 0.